The molecule has 0 aliphatic carbocycles. The van der Waals surface area contributed by atoms with E-state index in [-0.39, 0.29) is 17.1 Å². The molecule has 1 fully saturated rings. The zero-order valence-electron chi connectivity index (χ0n) is 12.8. The highest BCUT2D eigenvalue weighted by Gasteiger charge is 2.33. The van der Waals surface area contributed by atoms with Crippen LogP contribution in [0.5, 0.6) is 0 Å². The smallest absolute Gasteiger partial charge is 0.234 e. The van der Waals surface area contributed by atoms with E-state index in [0.29, 0.717) is 12.3 Å². The van der Waals surface area contributed by atoms with Crippen molar-refractivity contribution in [3.63, 3.8) is 0 Å². The van der Waals surface area contributed by atoms with E-state index in [2.05, 4.69) is 0 Å². The molecule has 0 bridgehead atoms. The molecular formula is C18H15FN2O2S. The Morgan fingerprint density at radius 1 is 1.21 bits per heavy atom. The summed E-state index contributed by atoms with van der Waals surface area (Å²) >= 11 is 1.61. The molecule has 1 aromatic carbocycles. The van der Waals surface area contributed by atoms with Crippen LogP contribution in [0.1, 0.15) is 16.7 Å². The molecule has 6 heteroatoms. The van der Waals surface area contributed by atoms with Crippen LogP contribution < -0.4 is 0 Å². The number of furan rings is 1. The van der Waals surface area contributed by atoms with Crippen molar-refractivity contribution >= 4 is 17.7 Å². The molecular weight excluding hydrogens is 327 g/mol. The Kier molecular flexibility index (Phi) is 3.90. The number of rotatable bonds is 4. The summed E-state index contributed by atoms with van der Waals surface area (Å²) in [5.74, 6) is 1.09. The lowest BCUT2D eigenvalue weighted by Crippen LogP contribution is -2.27. The SMILES string of the molecule is O=C1CS[C@H](c2ccn(-c3ccc(F)cc3)c2)N1Cc1ccco1. The molecule has 2 aromatic heterocycles. The molecule has 0 spiro atoms. The Balaban J connectivity index is 1.58. The largest absolute Gasteiger partial charge is 0.467 e. The van der Waals surface area contributed by atoms with Crippen molar-refractivity contribution in [2.45, 2.75) is 11.9 Å². The van der Waals surface area contributed by atoms with Crippen LogP contribution in [0.15, 0.2) is 65.5 Å². The van der Waals surface area contributed by atoms with Crippen LogP contribution in [0.2, 0.25) is 0 Å². The van der Waals surface area contributed by atoms with Crippen LogP contribution in [-0.4, -0.2) is 21.1 Å². The third kappa shape index (κ3) is 2.85. The van der Waals surface area contributed by atoms with Crippen molar-refractivity contribution in [2.75, 3.05) is 5.75 Å². The zero-order valence-corrected chi connectivity index (χ0v) is 13.6. The van der Waals surface area contributed by atoms with Crippen LogP contribution in [0.25, 0.3) is 5.69 Å². The molecule has 3 aromatic rings. The standard InChI is InChI=1S/C18H15FN2O2S/c19-14-3-5-15(6-4-14)20-8-7-13(10-20)18-21(17(22)12-24-18)11-16-2-1-9-23-16/h1-10,18H,11-12H2/t18-/m1/s1. The lowest BCUT2D eigenvalue weighted by Gasteiger charge is -2.22. The van der Waals surface area contributed by atoms with Gasteiger partial charge in [0.2, 0.25) is 5.91 Å². The van der Waals surface area contributed by atoms with E-state index in [0.717, 1.165) is 17.0 Å². The van der Waals surface area contributed by atoms with Gasteiger partial charge >= 0.3 is 0 Å². The number of amides is 1. The second-order valence-corrected chi connectivity index (χ2v) is 6.66. The molecule has 1 amide bonds. The van der Waals surface area contributed by atoms with Gasteiger partial charge in [0.1, 0.15) is 17.0 Å². The Morgan fingerprint density at radius 2 is 2.04 bits per heavy atom. The van der Waals surface area contributed by atoms with Gasteiger partial charge in [0.05, 0.1) is 18.6 Å². The molecule has 1 aliphatic rings. The molecule has 1 saturated heterocycles. The highest BCUT2D eigenvalue weighted by molar-refractivity contribution is 8.00. The fraction of sp³-hybridized carbons (Fsp3) is 0.167. The molecule has 24 heavy (non-hydrogen) atoms. The average Bonchev–Trinajstić information content (AvgIpc) is 3.31. The number of carbonyl (C=O) groups excluding carboxylic acids is 1. The van der Waals surface area contributed by atoms with Crippen LogP contribution in [0, 0.1) is 5.82 Å². The molecule has 1 atom stereocenters. The summed E-state index contributed by atoms with van der Waals surface area (Å²) in [5, 5.41) is -0.0377. The van der Waals surface area contributed by atoms with E-state index < -0.39 is 0 Å². The van der Waals surface area contributed by atoms with Gasteiger partial charge in [-0.15, -0.1) is 11.8 Å². The van der Waals surface area contributed by atoms with Gasteiger partial charge in [0, 0.05) is 23.6 Å². The van der Waals surface area contributed by atoms with Crippen LogP contribution in [-0.2, 0) is 11.3 Å². The minimum Gasteiger partial charge on any atom is -0.467 e. The number of nitrogens with zero attached hydrogens (tertiary/aromatic N) is 2. The van der Waals surface area contributed by atoms with Gasteiger partial charge in [-0.1, -0.05) is 0 Å². The highest BCUT2D eigenvalue weighted by atomic mass is 32.2. The Bertz CT molecular complexity index is 842. The number of thioether (sulfide) groups is 1. The van der Waals surface area contributed by atoms with Crippen molar-refractivity contribution in [3.05, 3.63) is 78.3 Å². The second-order valence-electron chi connectivity index (χ2n) is 5.59. The zero-order chi connectivity index (χ0) is 16.5. The summed E-state index contributed by atoms with van der Waals surface area (Å²) in [7, 11) is 0. The predicted molar refractivity (Wildman–Crippen MR) is 90.2 cm³/mol. The fourth-order valence-electron chi connectivity index (χ4n) is 2.80. The first-order valence-corrected chi connectivity index (χ1v) is 8.63. The molecule has 4 nitrogen and oxygen atoms in total. The summed E-state index contributed by atoms with van der Waals surface area (Å²) in [4.78, 5) is 14.0. The molecule has 122 valence electrons. The Labute approximate surface area is 142 Å². The number of benzene rings is 1. The summed E-state index contributed by atoms with van der Waals surface area (Å²) in [6.45, 7) is 0.464. The maximum atomic E-state index is 13.1. The minimum absolute atomic E-state index is 0.0377. The molecule has 0 unspecified atom stereocenters. The maximum absolute atomic E-state index is 13.1. The van der Waals surface area contributed by atoms with E-state index in [1.165, 1.54) is 12.1 Å². The third-order valence-corrected chi connectivity index (χ3v) is 5.26. The Hall–Kier alpha value is -2.47. The monoisotopic (exact) mass is 342 g/mol. The fourth-order valence-corrected chi connectivity index (χ4v) is 3.97. The van der Waals surface area contributed by atoms with Crippen LogP contribution in [0.4, 0.5) is 4.39 Å². The number of aromatic nitrogens is 1. The molecule has 3 heterocycles. The second kappa shape index (κ2) is 6.20. The van der Waals surface area contributed by atoms with E-state index >= 15 is 0 Å². The van der Waals surface area contributed by atoms with Crippen molar-refractivity contribution < 1.29 is 13.6 Å². The number of hydrogen-bond acceptors (Lipinski definition) is 3. The van der Waals surface area contributed by atoms with Gasteiger partial charge in [-0.3, -0.25) is 4.79 Å². The quantitative estimate of drug-likeness (QED) is 0.720. The summed E-state index contributed by atoms with van der Waals surface area (Å²) in [6, 6.07) is 12.0. The molecule has 4 rings (SSSR count). The lowest BCUT2D eigenvalue weighted by atomic mass is 10.3. The average molecular weight is 342 g/mol. The Morgan fingerprint density at radius 3 is 2.79 bits per heavy atom. The topological polar surface area (TPSA) is 38.4 Å². The summed E-state index contributed by atoms with van der Waals surface area (Å²) < 4.78 is 20.4. The number of hydrogen-bond donors (Lipinski definition) is 0. The predicted octanol–water partition coefficient (Wildman–Crippen LogP) is 3.98. The van der Waals surface area contributed by atoms with Gasteiger partial charge in [-0.05, 0) is 42.5 Å². The molecule has 0 saturated carbocycles. The minimum atomic E-state index is -0.257. The third-order valence-electron chi connectivity index (χ3n) is 4.00. The summed E-state index contributed by atoms with van der Waals surface area (Å²) in [6.07, 6.45) is 5.53. The van der Waals surface area contributed by atoms with E-state index in [9.17, 15) is 9.18 Å². The normalized spacial score (nSPS) is 17.6. The molecule has 0 N–H and O–H groups in total. The van der Waals surface area contributed by atoms with E-state index in [1.54, 1.807) is 30.2 Å². The first kappa shape index (κ1) is 15.1. The van der Waals surface area contributed by atoms with Gasteiger partial charge in [0.15, 0.2) is 0 Å². The van der Waals surface area contributed by atoms with Gasteiger partial charge < -0.3 is 13.9 Å². The van der Waals surface area contributed by atoms with Crippen molar-refractivity contribution in [1.82, 2.24) is 9.47 Å². The van der Waals surface area contributed by atoms with Gasteiger partial charge in [-0.25, -0.2) is 4.39 Å². The van der Waals surface area contributed by atoms with Crippen molar-refractivity contribution in [3.8, 4) is 5.69 Å². The van der Waals surface area contributed by atoms with Gasteiger partial charge in [0.25, 0.3) is 0 Å². The number of carbonyl (C=O) groups is 1. The first-order chi connectivity index (χ1) is 11.7. The lowest BCUT2D eigenvalue weighted by molar-refractivity contribution is -0.128. The summed E-state index contributed by atoms with van der Waals surface area (Å²) in [5.41, 5.74) is 1.93. The molecule has 1 aliphatic heterocycles. The molecule has 0 radical (unpaired) electrons. The maximum Gasteiger partial charge on any atom is 0.234 e. The number of halogens is 1. The van der Waals surface area contributed by atoms with E-state index in [4.69, 9.17) is 4.42 Å². The van der Waals surface area contributed by atoms with Crippen LogP contribution in [0.3, 0.4) is 0 Å². The van der Waals surface area contributed by atoms with Crippen molar-refractivity contribution in [2.24, 2.45) is 0 Å². The highest BCUT2D eigenvalue weighted by Crippen LogP contribution is 2.40. The van der Waals surface area contributed by atoms with Crippen molar-refractivity contribution in [1.29, 1.82) is 0 Å². The first-order valence-electron chi connectivity index (χ1n) is 7.58. The van der Waals surface area contributed by atoms with Gasteiger partial charge in [-0.2, -0.15) is 0 Å². The van der Waals surface area contributed by atoms with Crippen LogP contribution >= 0.6 is 11.8 Å². The van der Waals surface area contributed by atoms with E-state index in [1.807, 2.05) is 40.1 Å².